The lowest BCUT2D eigenvalue weighted by atomic mass is 10.2. The number of carbonyl (C=O) groups excluding carboxylic acids is 2. The second kappa shape index (κ2) is 9.71. The number of rotatable bonds is 7. The third-order valence-corrected chi connectivity index (χ3v) is 5.59. The minimum absolute atomic E-state index is 0.186. The van der Waals surface area contributed by atoms with E-state index in [2.05, 4.69) is 6.92 Å². The number of ether oxygens (including phenoxy) is 2. The molecule has 1 aliphatic rings. The fraction of sp³-hybridized carbons (Fsp3) is 0.227. The second-order valence-corrected chi connectivity index (χ2v) is 8.00. The van der Waals surface area contributed by atoms with E-state index in [4.69, 9.17) is 21.7 Å². The first-order valence-electron chi connectivity index (χ1n) is 9.22. The lowest BCUT2D eigenvalue weighted by Crippen LogP contribution is -2.27. The third-order valence-electron chi connectivity index (χ3n) is 4.28. The maximum Gasteiger partial charge on any atom is 0.337 e. The van der Waals surface area contributed by atoms with Crippen LogP contribution in [-0.2, 0) is 9.53 Å². The topological polar surface area (TPSA) is 55.8 Å². The summed E-state index contributed by atoms with van der Waals surface area (Å²) in [4.78, 5) is 26.5. The Morgan fingerprint density at radius 1 is 1.14 bits per heavy atom. The van der Waals surface area contributed by atoms with Crippen LogP contribution >= 0.6 is 24.0 Å². The van der Waals surface area contributed by atoms with E-state index in [1.807, 2.05) is 30.3 Å². The minimum Gasteiger partial charge on any atom is -0.494 e. The van der Waals surface area contributed by atoms with E-state index < -0.39 is 5.97 Å². The number of anilines is 1. The molecule has 0 unspecified atom stereocenters. The Labute approximate surface area is 179 Å². The van der Waals surface area contributed by atoms with Crippen LogP contribution in [0.25, 0.3) is 6.08 Å². The average molecular weight is 428 g/mol. The number of thiocarbonyl (C=S) groups is 1. The molecule has 3 rings (SSSR count). The van der Waals surface area contributed by atoms with Gasteiger partial charge in [0.15, 0.2) is 4.32 Å². The summed E-state index contributed by atoms with van der Waals surface area (Å²) >= 11 is 6.65. The van der Waals surface area contributed by atoms with Crippen molar-refractivity contribution >= 4 is 51.9 Å². The zero-order valence-corrected chi connectivity index (χ0v) is 17.8. The molecule has 0 aromatic heterocycles. The molecule has 0 aliphatic carbocycles. The van der Waals surface area contributed by atoms with Gasteiger partial charge in [-0.3, -0.25) is 9.69 Å². The van der Waals surface area contributed by atoms with Crippen LogP contribution in [0.4, 0.5) is 5.69 Å². The van der Waals surface area contributed by atoms with Crippen LogP contribution in [0.1, 0.15) is 35.7 Å². The fourth-order valence-corrected chi connectivity index (χ4v) is 4.00. The van der Waals surface area contributed by atoms with Crippen molar-refractivity contribution in [1.29, 1.82) is 0 Å². The lowest BCUT2D eigenvalue weighted by Gasteiger charge is -2.14. The number of hydrogen-bond acceptors (Lipinski definition) is 6. The molecule has 0 atom stereocenters. The molecule has 1 fully saturated rings. The van der Waals surface area contributed by atoms with Gasteiger partial charge in [-0.2, -0.15) is 0 Å². The minimum atomic E-state index is -0.427. The van der Waals surface area contributed by atoms with E-state index >= 15 is 0 Å². The Kier molecular flexibility index (Phi) is 7.06. The number of carbonyl (C=O) groups is 2. The molecule has 1 heterocycles. The highest BCUT2D eigenvalue weighted by Crippen LogP contribution is 2.36. The van der Waals surface area contributed by atoms with E-state index in [-0.39, 0.29) is 5.91 Å². The van der Waals surface area contributed by atoms with Gasteiger partial charge in [-0.1, -0.05) is 49.5 Å². The zero-order valence-electron chi connectivity index (χ0n) is 16.2. The molecule has 0 spiro atoms. The van der Waals surface area contributed by atoms with Crippen LogP contribution < -0.4 is 9.64 Å². The van der Waals surface area contributed by atoms with Gasteiger partial charge in [0.25, 0.3) is 5.91 Å². The number of thioether (sulfide) groups is 1. The molecule has 150 valence electrons. The lowest BCUT2D eigenvalue weighted by molar-refractivity contribution is -0.113. The summed E-state index contributed by atoms with van der Waals surface area (Å²) in [6.45, 7) is 2.82. The van der Waals surface area contributed by atoms with Gasteiger partial charge in [0, 0.05) is 0 Å². The Balaban J connectivity index is 1.73. The molecule has 0 radical (unpaired) electrons. The zero-order chi connectivity index (χ0) is 20.8. The highest BCUT2D eigenvalue weighted by molar-refractivity contribution is 8.27. The van der Waals surface area contributed by atoms with Gasteiger partial charge in [-0.15, -0.1) is 0 Å². The summed E-state index contributed by atoms with van der Waals surface area (Å²) in [6, 6.07) is 14.2. The van der Waals surface area contributed by atoms with E-state index in [1.165, 1.54) is 23.8 Å². The highest BCUT2D eigenvalue weighted by atomic mass is 32.2. The predicted molar refractivity (Wildman–Crippen MR) is 120 cm³/mol. The first-order valence-corrected chi connectivity index (χ1v) is 10.4. The number of nitrogens with zero attached hydrogens (tertiary/aromatic N) is 1. The standard InChI is InChI=1S/C22H21NO4S2/c1-3-4-13-27-18-11-5-15(6-12-18)14-19-20(24)23(22(28)29-19)17-9-7-16(8-10-17)21(25)26-2/h5-12,14H,3-4,13H2,1-2H3/b19-14-. The van der Waals surface area contributed by atoms with Crippen LogP contribution in [0.2, 0.25) is 0 Å². The molecule has 0 N–H and O–H groups in total. The van der Waals surface area contributed by atoms with Crippen LogP contribution in [0.5, 0.6) is 5.75 Å². The van der Waals surface area contributed by atoms with Gasteiger partial charge in [0.05, 0.1) is 29.9 Å². The van der Waals surface area contributed by atoms with E-state index in [1.54, 1.807) is 24.3 Å². The van der Waals surface area contributed by atoms with Crippen molar-refractivity contribution in [2.75, 3.05) is 18.6 Å². The summed E-state index contributed by atoms with van der Waals surface area (Å²) in [5.74, 6) is 0.201. The molecule has 1 amide bonds. The Morgan fingerprint density at radius 3 is 2.45 bits per heavy atom. The SMILES string of the molecule is CCCCOc1ccc(/C=C2\SC(=S)N(c3ccc(C(=O)OC)cc3)C2=O)cc1. The predicted octanol–water partition coefficient (Wildman–Crippen LogP) is 5.06. The summed E-state index contributed by atoms with van der Waals surface area (Å²) in [5.41, 5.74) is 1.93. The normalized spacial score (nSPS) is 15.1. The van der Waals surface area contributed by atoms with Gasteiger partial charge in [-0.25, -0.2) is 4.79 Å². The van der Waals surface area contributed by atoms with E-state index in [0.29, 0.717) is 27.1 Å². The van der Waals surface area contributed by atoms with Crippen molar-refractivity contribution in [2.24, 2.45) is 0 Å². The highest BCUT2D eigenvalue weighted by Gasteiger charge is 2.33. The maximum atomic E-state index is 12.9. The Bertz CT molecular complexity index is 936. The van der Waals surface area contributed by atoms with Gasteiger partial charge in [-0.05, 0) is 54.5 Å². The van der Waals surface area contributed by atoms with E-state index in [0.717, 1.165) is 24.2 Å². The summed E-state index contributed by atoms with van der Waals surface area (Å²) in [6.07, 6.45) is 3.92. The molecule has 5 nitrogen and oxygen atoms in total. The molecule has 0 saturated carbocycles. The van der Waals surface area contributed by atoms with Gasteiger partial charge in [0.2, 0.25) is 0 Å². The first-order chi connectivity index (χ1) is 14.0. The average Bonchev–Trinajstić information content (AvgIpc) is 3.02. The molecule has 2 aromatic rings. The fourth-order valence-electron chi connectivity index (χ4n) is 2.70. The molecule has 1 saturated heterocycles. The van der Waals surface area contributed by atoms with Crippen LogP contribution in [0.15, 0.2) is 53.4 Å². The van der Waals surface area contributed by atoms with Crippen molar-refractivity contribution in [3.63, 3.8) is 0 Å². The van der Waals surface area contributed by atoms with Crippen molar-refractivity contribution in [1.82, 2.24) is 0 Å². The third kappa shape index (κ3) is 5.05. The van der Waals surface area contributed by atoms with Gasteiger partial charge >= 0.3 is 5.97 Å². The number of hydrogen-bond donors (Lipinski definition) is 0. The number of esters is 1. The molecule has 7 heteroatoms. The molecule has 29 heavy (non-hydrogen) atoms. The monoisotopic (exact) mass is 427 g/mol. The van der Waals surface area contributed by atoms with Crippen LogP contribution in [0, 0.1) is 0 Å². The number of benzene rings is 2. The van der Waals surface area contributed by atoms with Crippen molar-refractivity contribution in [3.8, 4) is 5.75 Å². The number of methoxy groups -OCH3 is 1. The first kappa shape index (κ1) is 21.1. The van der Waals surface area contributed by atoms with Crippen LogP contribution in [0.3, 0.4) is 0 Å². The second-order valence-electron chi connectivity index (χ2n) is 6.33. The largest absolute Gasteiger partial charge is 0.494 e. The quantitative estimate of drug-likeness (QED) is 0.267. The summed E-state index contributed by atoms with van der Waals surface area (Å²) < 4.78 is 10.8. The van der Waals surface area contributed by atoms with Crippen molar-refractivity contribution in [2.45, 2.75) is 19.8 Å². The van der Waals surface area contributed by atoms with Gasteiger partial charge in [0.1, 0.15) is 5.75 Å². The van der Waals surface area contributed by atoms with Crippen molar-refractivity contribution < 1.29 is 19.1 Å². The molecule has 2 aromatic carbocycles. The molecule has 0 bridgehead atoms. The number of amides is 1. The maximum absolute atomic E-state index is 12.9. The molecular weight excluding hydrogens is 406 g/mol. The summed E-state index contributed by atoms with van der Waals surface area (Å²) in [7, 11) is 1.33. The number of unbranched alkanes of at least 4 members (excludes halogenated alkanes) is 1. The van der Waals surface area contributed by atoms with Crippen LogP contribution in [-0.4, -0.2) is 29.9 Å². The Hall–Kier alpha value is -2.64. The molecule has 1 aliphatic heterocycles. The van der Waals surface area contributed by atoms with Crippen molar-refractivity contribution in [3.05, 3.63) is 64.6 Å². The summed E-state index contributed by atoms with van der Waals surface area (Å²) in [5, 5.41) is 0. The Morgan fingerprint density at radius 2 is 1.83 bits per heavy atom. The molecular formula is C22H21NO4S2. The smallest absolute Gasteiger partial charge is 0.337 e. The van der Waals surface area contributed by atoms with E-state index in [9.17, 15) is 9.59 Å². The van der Waals surface area contributed by atoms with Gasteiger partial charge < -0.3 is 9.47 Å².